The second kappa shape index (κ2) is 12.5. The summed E-state index contributed by atoms with van der Waals surface area (Å²) in [5.74, 6) is 0. The molecule has 0 saturated carbocycles. The molecule has 302 valence electrons. The van der Waals surface area contributed by atoms with E-state index in [-0.39, 0.29) is 12.3 Å². The summed E-state index contributed by atoms with van der Waals surface area (Å²) in [6.45, 7) is 9.05. The number of para-hydroxylation sites is 3. The average Bonchev–Trinajstić information content (AvgIpc) is 3.83. The smallest absolute Gasteiger partial charge is 0.333 e. The van der Waals surface area contributed by atoms with E-state index in [0.29, 0.717) is 0 Å². The monoisotopic (exact) mass is 818 g/mol. The molecule has 14 rings (SSSR count). The van der Waals surface area contributed by atoms with Gasteiger partial charge in [-0.05, 0) is 121 Å². The number of hydrogen-bond acceptors (Lipinski definition) is 3. The van der Waals surface area contributed by atoms with Crippen LogP contribution in [0.3, 0.4) is 0 Å². The van der Waals surface area contributed by atoms with Crippen molar-refractivity contribution >= 4 is 68.1 Å². The molecular formula is C60H43BN2O. The van der Waals surface area contributed by atoms with Gasteiger partial charge in [-0.25, -0.2) is 0 Å². The predicted molar refractivity (Wildman–Crippen MR) is 267 cm³/mol. The molecule has 0 fully saturated rings. The Morgan fingerprint density at radius 1 is 0.469 bits per heavy atom. The molecule has 64 heavy (non-hydrogen) atoms. The van der Waals surface area contributed by atoms with Crippen LogP contribution in [0.15, 0.2) is 192 Å². The predicted octanol–water partition coefficient (Wildman–Crippen LogP) is 14.2. The van der Waals surface area contributed by atoms with Crippen LogP contribution in [0, 0.1) is 6.92 Å². The Labute approximate surface area is 374 Å². The molecule has 4 aliphatic rings. The highest BCUT2D eigenvalue weighted by atomic mass is 16.3. The summed E-state index contributed by atoms with van der Waals surface area (Å²) in [7, 11) is 0. The second-order valence-electron chi connectivity index (χ2n) is 19.3. The normalized spacial score (nSPS) is 14.6. The number of anilines is 5. The van der Waals surface area contributed by atoms with E-state index in [1.807, 2.05) is 0 Å². The van der Waals surface area contributed by atoms with Crippen LogP contribution in [-0.4, -0.2) is 6.85 Å². The minimum absolute atomic E-state index is 0.0297. The van der Waals surface area contributed by atoms with E-state index in [0.717, 1.165) is 27.6 Å². The summed E-state index contributed by atoms with van der Waals surface area (Å²) in [6.07, 6.45) is 0. The molecule has 1 aliphatic carbocycles. The van der Waals surface area contributed by atoms with Crippen LogP contribution in [0.4, 0.5) is 28.4 Å². The van der Waals surface area contributed by atoms with Crippen molar-refractivity contribution in [3.8, 4) is 33.4 Å². The molecule has 0 bridgehead atoms. The maximum Gasteiger partial charge on any atom is 0.333 e. The van der Waals surface area contributed by atoms with E-state index >= 15 is 0 Å². The van der Waals surface area contributed by atoms with Gasteiger partial charge in [0.2, 0.25) is 0 Å². The van der Waals surface area contributed by atoms with E-state index in [2.05, 4.69) is 225 Å². The van der Waals surface area contributed by atoms with E-state index in [1.165, 1.54) is 100 Å². The number of benzene rings is 9. The highest BCUT2D eigenvalue weighted by Crippen LogP contribution is 2.65. The molecule has 1 spiro atoms. The first kappa shape index (κ1) is 36.0. The number of aryl methyl sites for hydroxylation is 1. The first-order valence-electron chi connectivity index (χ1n) is 22.6. The Kier molecular flexibility index (Phi) is 7.05. The zero-order chi connectivity index (χ0) is 42.6. The maximum atomic E-state index is 6.82. The summed E-state index contributed by atoms with van der Waals surface area (Å²) in [4.78, 5) is 5.30. The topological polar surface area (TPSA) is 19.6 Å². The average molecular weight is 819 g/mol. The summed E-state index contributed by atoms with van der Waals surface area (Å²) in [6, 6.07) is 70.9. The Bertz CT molecular complexity index is 3600. The van der Waals surface area contributed by atoms with Gasteiger partial charge in [0.25, 0.3) is 0 Å². The van der Waals surface area contributed by atoms with Gasteiger partial charge in [0.15, 0.2) is 0 Å². The van der Waals surface area contributed by atoms with Gasteiger partial charge in [-0.3, -0.25) is 0 Å². The van der Waals surface area contributed by atoms with Crippen LogP contribution in [0.1, 0.15) is 54.2 Å². The lowest BCUT2D eigenvalue weighted by atomic mass is 9.42. The van der Waals surface area contributed by atoms with E-state index in [9.17, 15) is 0 Å². The van der Waals surface area contributed by atoms with Crippen molar-refractivity contribution in [1.82, 2.24) is 0 Å². The van der Waals surface area contributed by atoms with Crippen LogP contribution < -0.4 is 20.6 Å². The summed E-state index contributed by atoms with van der Waals surface area (Å²) < 4.78 is 6.82. The lowest BCUT2D eigenvalue weighted by Gasteiger charge is -2.52. The maximum absolute atomic E-state index is 6.82. The lowest BCUT2D eigenvalue weighted by molar-refractivity contribution is 0.590. The highest BCUT2D eigenvalue weighted by molar-refractivity contribution is 6.94. The molecule has 3 aliphatic heterocycles. The third-order valence-corrected chi connectivity index (χ3v) is 14.8. The SMILES string of the molecule is Cc1cc2c3c(c1)N(c1ccc(C(C)(C)C)cc1-c1ccccc1)c1cc4c(cc1B3N1c3ccccc3C3(c5ccccc5-c5ccccc53)c3cccc-2c31)oc1ccccc14. The van der Waals surface area contributed by atoms with Gasteiger partial charge in [0.1, 0.15) is 11.2 Å². The van der Waals surface area contributed by atoms with Gasteiger partial charge >= 0.3 is 6.85 Å². The van der Waals surface area contributed by atoms with E-state index < -0.39 is 5.41 Å². The molecule has 1 aromatic heterocycles. The first-order valence-corrected chi connectivity index (χ1v) is 22.6. The van der Waals surface area contributed by atoms with Crippen molar-refractivity contribution < 1.29 is 4.42 Å². The fourth-order valence-electron chi connectivity index (χ4n) is 12.2. The molecule has 0 N–H and O–H groups in total. The van der Waals surface area contributed by atoms with Gasteiger partial charge in [-0.2, -0.15) is 0 Å². The third-order valence-electron chi connectivity index (χ3n) is 14.8. The minimum atomic E-state index is -0.499. The van der Waals surface area contributed by atoms with E-state index in [1.54, 1.807) is 0 Å². The molecule has 4 heterocycles. The van der Waals surface area contributed by atoms with E-state index in [4.69, 9.17) is 4.42 Å². The molecule has 0 amide bonds. The second-order valence-corrected chi connectivity index (χ2v) is 19.3. The molecule has 3 nitrogen and oxygen atoms in total. The number of rotatable bonds is 2. The van der Waals surface area contributed by atoms with Crippen molar-refractivity contribution in [3.05, 3.63) is 221 Å². The van der Waals surface area contributed by atoms with Crippen molar-refractivity contribution in [3.63, 3.8) is 0 Å². The molecule has 9 aromatic carbocycles. The Morgan fingerprint density at radius 3 is 1.92 bits per heavy atom. The highest BCUT2D eigenvalue weighted by Gasteiger charge is 2.56. The third kappa shape index (κ3) is 4.52. The van der Waals surface area contributed by atoms with Gasteiger partial charge in [0, 0.05) is 44.6 Å². The van der Waals surface area contributed by atoms with Crippen LogP contribution in [0.25, 0.3) is 55.3 Å². The van der Waals surface area contributed by atoms with Gasteiger partial charge in [-0.15, -0.1) is 0 Å². The summed E-state index contributed by atoms with van der Waals surface area (Å²) >= 11 is 0. The summed E-state index contributed by atoms with van der Waals surface area (Å²) in [5, 5.41) is 2.25. The van der Waals surface area contributed by atoms with Crippen LogP contribution >= 0.6 is 0 Å². The Morgan fingerprint density at radius 2 is 1.14 bits per heavy atom. The minimum Gasteiger partial charge on any atom is -0.456 e. The fraction of sp³-hybridized carbons (Fsp3) is 0.100. The van der Waals surface area contributed by atoms with Crippen molar-refractivity contribution in [2.45, 2.75) is 38.5 Å². The molecule has 4 heteroatoms. The van der Waals surface area contributed by atoms with Crippen molar-refractivity contribution in [1.29, 1.82) is 0 Å². The Balaban J connectivity index is 1.14. The van der Waals surface area contributed by atoms with Crippen LogP contribution in [-0.2, 0) is 10.8 Å². The van der Waals surface area contributed by atoms with Gasteiger partial charge in [0.05, 0.1) is 11.1 Å². The van der Waals surface area contributed by atoms with Crippen LogP contribution in [0.2, 0.25) is 0 Å². The van der Waals surface area contributed by atoms with Gasteiger partial charge < -0.3 is 14.1 Å². The molecule has 0 atom stereocenters. The molecule has 0 saturated heterocycles. The van der Waals surface area contributed by atoms with Crippen LogP contribution in [0.5, 0.6) is 0 Å². The Hall–Kier alpha value is -7.56. The number of hydrogen-bond donors (Lipinski definition) is 0. The summed E-state index contributed by atoms with van der Waals surface area (Å²) in [5.41, 5.74) is 25.3. The molecule has 10 aromatic rings. The largest absolute Gasteiger partial charge is 0.456 e. The zero-order valence-corrected chi connectivity index (χ0v) is 36.3. The standard InChI is InChI=1S/C60H43BN2O/c1-36-31-45-42-22-16-26-49-58(42)63(52-27-14-13-25-48(52)60(49)46-23-11-8-19-39(46)40-20-9-12-24-47(40)60)61-50-35-56-44(41-21-10-15-28-55(41)64-56)34-53(50)62(54(32-36)57(45)61)51-30-29-38(59(2,3)4)33-43(51)37-17-6-5-7-18-37/h5-35H,1-4H3. The fourth-order valence-corrected chi connectivity index (χ4v) is 12.2. The lowest BCUT2D eigenvalue weighted by Crippen LogP contribution is -2.63. The van der Waals surface area contributed by atoms with Crippen molar-refractivity contribution in [2.24, 2.45) is 0 Å². The molecule has 0 radical (unpaired) electrons. The number of furan rings is 1. The first-order chi connectivity index (χ1) is 31.3. The quantitative estimate of drug-likeness (QED) is 0.162. The van der Waals surface area contributed by atoms with Crippen molar-refractivity contribution in [2.75, 3.05) is 9.71 Å². The number of fused-ring (bicyclic) bond motifs is 16. The number of nitrogens with zero attached hydrogens (tertiary/aromatic N) is 2. The molecule has 0 unspecified atom stereocenters. The van der Waals surface area contributed by atoms with Gasteiger partial charge in [-0.1, -0.05) is 166 Å². The zero-order valence-electron chi connectivity index (χ0n) is 36.3. The molecular weight excluding hydrogens is 775 g/mol.